The van der Waals surface area contributed by atoms with Gasteiger partial charge in [-0.05, 0) is 19.1 Å². The van der Waals surface area contributed by atoms with Gasteiger partial charge in [0.05, 0.1) is 23.1 Å². The van der Waals surface area contributed by atoms with E-state index in [0.29, 0.717) is 10.7 Å². The van der Waals surface area contributed by atoms with Gasteiger partial charge in [-0.1, -0.05) is 24.4 Å². The van der Waals surface area contributed by atoms with Crippen molar-refractivity contribution >= 4 is 34.2 Å². The van der Waals surface area contributed by atoms with Crippen molar-refractivity contribution in [1.82, 2.24) is 15.3 Å². The van der Waals surface area contributed by atoms with E-state index in [9.17, 15) is 4.79 Å². The number of aryl methyl sites for hydroxylation is 1. The lowest BCUT2D eigenvalue weighted by molar-refractivity contribution is -0.136. The molecule has 1 aromatic carbocycles. The standard InChI is InChI=1S/C13H13N3O2S/c1-8-12(13(19)14-7-6-11(17)18)16-10-5-3-2-4-9(10)15-8/h2-5H,6-7H2,1H3,(H,14,19)(H,17,18). The highest BCUT2D eigenvalue weighted by Crippen LogP contribution is 2.12. The largest absolute Gasteiger partial charge is 0.481 e. The number of rotatable bonds is 4. The summed E-state index contributed by atoms with van der Waals surface area (Å²) in [5.74, 6) is -0.864. The Morgan fingerprint density at radius 1 is 1.32 bits per heavy atom. The van der Waals surface area contributed by atoms with E-state index in [0.717, 1.165) is 16.7 Å². The summed E-state index contributed by atoms with van der Waals surface area (Å²) in [6.07, 6.45) is 0.0141. The van der Waals surface area contributed by atoms with Crippen molar-refractivity contribution in [2.45, 2.75) is 13.3 Å². The van der Waals surface area contributed by atoms with E-state index >= 15 is 0 Å². The summed E-state index contributed by atoms with van der Waals surface area (Å²) in [4.78, 5) is 19.8. The maximum atomic E-state index is 10.4. The van der Waals surface area contributed by atoms with Crippen molar-refractivity contribution in [1.29, 1.82) is 0 Å². The summed E-state index contributed by atoms with van der Waals surface area (Å²) in [7, 11) is 0. The molecule has 2 N–H and O–H groups in total. The third-order valence-electron chi connectivity index (χ3n) is 2.58. The molecule has 0 saturated heterocycles. The van der Waals surface area contributed by atoms with Crippen LogP contribution in [-0.2, 0) is 4.79 Å². The van der Waals surface area contributed by atoms with Crippen LogP contribution in [0.15, 0.2) is 24.3 Å². The van der Waals surface area contributed by atoms with Crippen LogP contribution in [0.5, 0.6) is 0 Å². The smallest absolute Gasteiger partial charge is 0.305 e. The first kappa shape index (κ1) is 13.4. The van der Waals surface area contributed by atoms with Gasteiger partial charge in [0.15, 0.2) is 0 Å². The lowest BCUT2D eigenvalue weighted by atomic mass is 10.2. The minimum Gasteiger partial charge on any atom is -0.481 e. The summed E-state index contributed by atoms with van der Waals surface area (Å²) in [6, 6.07) is 7.54. The Morgan fingerprint density at radius 2 is 1.95 bits per heavy atom. The van der Waals surface area contributed by atoms with E-state index in [1.165, 1.54) is 0 Å². The number of aliphatic carboxylic acids is 1. The SMILES string of the molecule is Cc1nc2ccccc2nc1C(=S)NCCC(=O)O. The fraction of sp³-hybridized carbons (Fsp3) is 0.231. The second kappa shape index (κ2) is 5.71. The van der Waals surface area contributed by atoms with Gasteiger partial charge in [0.1, 0.15) is 10.7 Å². The Morgan fingerprint density at radius 3 is 2.58 bits per heavy atom. The molecule has 0 amide bonds. The Labute approximate surface area is 115 Å². The number of hydrogen-bond acceptors (Lipinski definition) is 4. The van der Waals surface area contributed by atoms with Crippen LogP contribution in [0.1, 0.15) is 17.8 Å². The van der Waals surface area contributed by atoms with Crippen molar-refractivity contribution in [3.8, 4) is 0 Å². The number of thiocarbonyl (C=S) groups is 1. The molecule has 1 aromatic heterocycles. The number of carboxylic acids is 1. The van der Waals surface area contributed by atoms with E-state index in [1.807, 2.05) is 31.2 Å². The van der Waals surface area contributed by atoms with Gasteiger partial charge in [0.25, 0.3) is 0 Å². The Bertz CT molecular complexity index is 643. The van der Waals surface area contributed by atoms with Crippen LogP contribution < -0.4 is 5.32 Å². The van der Waals surface area contributed by atoms with Gasteiger partial charge in [-0.15, -0.1) is 0 Å². The Kier molecular flexibility index (Phi) is 4.01. The molecule has 5 nitrogen and oxygen atoms in total. The zero-order chi connectivity index (χ0) is 13.8. The molecule has 0 fully saturated rings. The third-order valence-corrected chi connectivity index (χ3v) is 2.92. The van der Waals surface area contributed by atoms with Gasteiger partial charge in [0, 0.05) is 6.54 Å². The molecule has 0 aliphatic rings. The van der Waals surface area contributed by atoms with Crippen LogP contribution in [-0.4, -0.2) is 32.6 Å². The Hall–Kier alpha value is -2.08. The number of nitrogens with one attached hydrogen (secondary N) is 1. The van der Waals surface area contributed by atoms with Crippen molar-refractivity contribution in [2.75, 3.05) is 6.54 Å². The van der Waals surface area contributed by atoms with Crippen molar-refractivity contribution in [3.63, 3.8) is 0 Å². The van der Waals surface area contributed by atoms with E-state index in [1.54, 1.807) is 0 Å². The third kappa shape index (κ3) is 3.23. The molecular weight excluding hydrogens is 262 g/mol. The van der Waals surface area contributed by atoms with E-state index < -0.39 is 5.97 Å². The van der Waals surface area contributed by atoms with Gasteiger partial charge in [-0.25, -0.2) is 9.97 Å². The van der Waals surface area contributed by atoms with Gasteiger partial charge in [0.2, 0.25) is 0 Å². The molecule has 0 atom stereocenters. The first-order chi connectivity index (χ1) is 9.08. The minimum atomic E-state index is -0.864. The highest BCUT2D eigenvalue weighted by molar-refractivity contribution is 7.80. The molecule has 19 heavy (non-hydrogen) atoms. The normalized spacial score (nSPS) is 10.4. The molecular formula is C13H13N3O2S. The summed E-state index contributed by atoms with van der Waals surface area (Å²) in [6.45, 7) is 2.11. The number of fused-ring (bicyclic) bond motifs is 1. The maximum Gasteiger partial charge on any atom is 0.305 e. The number of para-hydroxylation sites is 2. The molecule has 1 heterocycles. The van der Waals surface area contributed by atoms with Gasteiger partial charge >= 0.3 is 5.97 Å². The second-order valence-corrected chi connectivity index (χ2v) is 4.45. The summed E-state index contributed by atoms with van der Waals surface area (Å²) in [5.41, 5.74) is 2.91. The molecule has 0 bridgehead atoms. The molecule has 6 heteroatoms. The molecule has 2 rings (SSSR count). The fourth-order valence-electron chi connectivity index (χ4n) is 1.67. The number of carboxylic acid groups (broad SMARTS) is 1. The second-order valence-electron chi connectivity index (χ2n) is 4.05. The van der Waals surface area contributed by atoms with Crippen LogP contribution >= 0.6 is 12.2 Å². The molecule has 98 valence electrons. The van der Waals surface area contributed by atoms with Crippen LogP contribution in [0.3, 0.4) is 0 Å². The summed E-state index contributed by atoms with van der Waals surface area (Å²) < 4.78 is 0. The number of aromatic nitrogens is 2. The van der Waals surface area contributed by atoms with E-state index in [-0.39, 0.29) is 13.0 Å². The number of carbonyl (C=O) groups is 1. The highest BCUT2D eigenvalue weighted by atomic mass is 32.1. The molecule has 2 aromatic rings. The number of nitrogens with zero attached hydrogens (tertiary/aromatic N) is 2. The predicted molar refractivity (Wildman–Crippen MR) is 76.2 cm³/mol. The number of benzene rings is 1. The first-order valence-electron chi connectivity index (χ1n) is 5.81. The average Bonchev–Trinajstić information content (AvgIpc) is 2.37. The lowest BCUT2D eigenvalue weighted by Crippen LogP contribution is -2.27. The van der Waals surface area contributed by atoms with E-state index in [2.05, 4.69) is 15.3 Å². The van der Waals surface area contributed by atoms with E-state index in [4.69, 9.17) is 17.3 Å². The van der Waals surface area contributed by atoms with Crippen molar-refractivity contribution in [3.05, 3.63) is 35.7 Å². The predicted octanol–water partition coefficient (Wildman–Crippen LogP) is 1.68. The molecule has 0 saturated carbocycles. The average molecular weight is 275 g/mol. The van der Waals surface area contributed by atoms with Crippen molar-refractivity contribution < 1.29 is 9.90 Å². The lowest BCUT2D eigenvalue weighted by Gasteiger charge is -2.09. The molecule has 0 radical (unpaired) electrons. The topological polar surface area (TPSA) is 75.1 Å². The number of hydrogen-bond donors (Lipinski definition) is 2. The summed E-state index contributed by atoms with van der Waals surface area (Å²) >= 11 is 5.22. The minimum absolute atomic E-state index is 0.0141. The fourth-order valence-corrected chi connectivity index (χ4v) is 1.97. The summed E-state index contributed by atoms with van der Waals surface area (Å²) in [5, 5.41) is 11.5. The van der Waals surface area contributed by atoms with Gasteiger partial charge in [-0.3, -0.25) is 4.79 Å². The zero-order valence-electron chi connectivity index (χ0n) is 10.4. The van der Waals surface area contributed by atoms with Crippen molar-refractivity contribution in [2.24, 2.45) is 0 Å². The monoisotopic (exact) mass is 275 g/mol. The van der Waals surface area contributed by atoms with Crippen LogP contribution in [0.2, 0.25) is 0 Å². The Balaban J connectivity index is 2.21. The van der Waals surface area contributed by atoms with Gasteiger partial charge < -0.3 is 10.4 Å². The quantitative estimate of drug-likeness (QED) is 0.827. The molecule has 0 unspecified atom stereocenters. The first-order valence-corrected chi connectivity index (χ1v) is 6.22. The maximum absolute atomic E-state index is 10.4. The zero-order valence-corrected chi connectivity index (χ0v) is 11.2. The molecule has 0 aliphatic carbocycles. The van der Waals surface area contributed by atoms with Gasteiger partial charge in [-0.2, -0.15) is 0 Å². The van der Waals surface area contributed by atoms with Crippen LogP contribution in [0.4, 0.5) is 0 Å². The molecule has 0 aliphatic heterocycles. The highest BCUT2D eigenvalue weighted by Gasteiger charge is 2.10. The van der Waals surface area contributed by atoms with Crippen LogP contribution in [0.25, 0.3) is 11.0 Å². The molecule has 0 spiro atoms. The van der Waals surface area contributed by atoms with Crippen LogP contribution in [0, 0.1) is 6.92 Å².